The molecule has 1 aromatic heterocycles. The number of hydrogen-bond donors (Lipinski definition) is 1. The number of halogens is 1. The average molecular weight is 253 g/mol. The van der Waals surface area contributed by atoms with Crippen molar-refractivity contribution in [1.29, 1.82) is 0 Å². The summed E-state index contributed by atoms with van der Waals surface area (Å²) in [5.41, 5.74) is 4.85. The molecule has 2 N–H and O–H groups in total. The third-order valence-electron chi connectivity index (χ3n) is 2.03. The largest absolute Gasteiger partial charge is 0.451 e. The van der Waals surface area contributed by atoms with Crippen LogP contribution < -0.4 is 5.73 Å². The van der Waals surface area contributed by atoms with E-state index in [9.17, 15) is 14.0 Å². The highest BCUT2D eigenvalue weighted by Gasteiger charge is 2.12. The number of rotatable bonds is 3. The van der Waals surface area contributed by atoms with Crippen LogP contribution >= 0.6 is 11.3 Å². The first-order valence-electron chi connectivity index (χ1n) is 4.71. The van der Waals surface area contributed by atoms with Crippen molar-refractivity contribution >= 4 is 33.3 Å². The quantitative estimate of drug-likeness (QED) is 0.846. The van der Waals surface area contributed by atoms with Crippen molar-refractivity contribution in [3.05, 3.63) is 35.0 Å². The van der Waals surface area contributed by atoms with Crippen molar-refractivity contribution < 1.29 is 18.7 Å². The molecule has 0 fully saturated rings. The van der Waals surface area contributed by atoms with E-state index in [2.05, 4.69) is 4.74 Å². The van der Waals surface area contributed by atoms with Crippen LogP contribution in [0.2, 0.25) is 0 Å². The Labute approximate surface area is 99.8 Å². The van der Waals surface area contributed by atoms with Crippen LogP contribution in [0.5, 0.6) is 0 Å². The Morgan fingerprint density at radius 3 is 2.82 bits per heavy atom. The number of ether oxygens (including phenoxy) is 1. The van der Waals surface area contributed by atoms with Gasteiger partial charge in [-0.1, -0.05) is 0 Å². The fourth-order valence-corrected chi connectivity index (χ4v) is 2.26. The van der Waals surface area contributed by atoms with E-state index in [1.165, 1.54) is 29.5 Å². The molecule has 0 spiro atoms. The average Bonchev–Trinajstić information content (AvgIpc) is 2.68. The third-order valence-corrected chi connectivity index (χ3v) is 3.12. The summed E-state index contributed by atoms with van der Waals surface area (Å²) in [4.78, 5) is 22.3. The topological polar surface area (TPSA) is 69.4 Å². The molecular weight excluding hydrogens is 245 g/mol. The molecule has 0 unspecified atom stereocenters. The number of benzene rings is 1. The van der Waals surface area contributed by atoms with Crippen molar-refractivity contribution in [3.8, 4) is 0 Å². The van der Waals surface area contributed by atoms with Crippen molar-refractivity contribution in [1.82, 2.24) is 0 Å². The molecule has 2 aromatic rings. The molecule has 0 saturated heterocycles. The lowest BCUT2D eigenvalue weighted by molar-refractivity contribution is -0.121. The van der Waals surface area contributed by atoms with Crippen molar-refractivity contribution in [2.24, 2.45) is 5.73 Å². The fourth-order valence-electron chi connectivity index (χ4n) is 1.32. The monoisotopic (exact) mass is 253 g/mol. The molecule has 0 saturated carbocycles. The van der Waals surface area contributed by atoms with E-state index in [0.717, 1.165) is 4.70 Å². The van der Waals surface area contributed by atoms with Crippen LogP contribution in [0.4, 0.5) is 4.39 Å². The summed E-state index contributed by atoms with van der Waals surface area (Å²) in [6.07, 6.45) is 0. The van der Waals surface area contributed by atoms with Gasteiger partial charge in [0.05, 0.1) is 0 Å². The van der Waals surface area contributed by atoms with Gasteiger partial charge in [0.15, 0.2) is 6.61 Å². The molecule has 1 aromatic carbocycles. The Morgan fingerprint density at radius 1 is 1.35 bits per heavy atom. The van der Waals surface area contributed by atoms with Crippen LogP contribution in [0.25, 0.3) is 10.1 Å². The lowest BCUT2D eigenvalue weighted by atomic mass is 10.2. The zero-order valence-corrected chi connectivity index (χ0v) is 9.42. The molecule has 0 aliphatic rings. The number of esters is 1. The smallest absolute Gasteiger partial charge is 0.348 e. The van der Waals surface area contributed by atoms with E-state index in [-0.39, 0.29) is 5.82 Å². The van der Waals surface area contributed by atoms with Crippen LogP contribution in [0, 0.1) is 5.82 Å². The molecular formula is C11H8FNO3S. The Morgan fingerprint density at radius 2 is 2.12 bits per heavy atom. The summed E-state index contributed by atoms with van der Waals surface area (Å²) >= 11 is 1.17. The molecule has 1 heterocycles. The Balaban J connectivity index is 2.24. The zero-order valence-electron chi connectivity index (χ0n) is 8.60. The van der Waals surface area contributed by atoms with Gasteiger partial charge in [0.2, 0.25) is 0 Å². The number of carbonyl (C=O) groups is 2. The van der Waals surface area contributed by atoms with Gasteiger partial charge in [0.1, 0.15) is 10.7 Å². The number of amides is 1. The van der Waals surface area contributed by atoms with Gasteiger partial charge in [-0.05, 0) is 29.7 Å². The normalized spacial score (nSPS) is 10.4. The molecule has 0 radical (unpaired) electrons. The van der Waals surface area contributed by atoms with E-state index >= 15 is 0 Å². The van der Waals surface area contributed by atoms with Crippen molar-refractivity contribution in [3.63, 3.8) is 0 Å². The van der Waals surface area contributed by atoms with Gasteiger partial charge in [-0.3, -0.25) is 4.79 Å². The second-order valence-corrected chi connectivity index (χ2v) is 4.42. The van der Waals surface area contributed by atoms with E-state index in [0.29, 0.717) is 10.3 Å². The van der Waals surface area contributed by atoms with E-state index in [1.807, 2.05) is 0 Å². The van der Waals surface area contributed by atoms with Gasteiger partial charge < -0.3 is 10.5 Å². The molecule has 0 atom stereocenters. The summed E-state index contributed by atoms with van der Waals surface area (Å²) in [6.45, 7) is -0.457. The summed E-state index contributed by atoms with van der Waals surface area (Å²) in [5, 5.41) is 0.626. The second-order valence-electron chi connectivity index (χ2n) is 3.34. The first-order chi connectivity index (χ1) is 8.06. The maximum Gasteiger partial charge on any atom is 0.348 e. The van der Waals surface area contributed by atoms with E-state index < -0.39 is 18.5 Å². The fraction of sp³-hybridized carbons (Fsp3) is 0.0909. The van der Waals surface area contributed by atoms with Crippen molar-refractivity contribution in [2.45, 2.75) is 0 Å². The summed E-state index contributed by atoms with van der Waals surface area (Å²) < 4.78 is 18.4. The number of nitrogens with two attached hydrogens (primary N) is 1. The minimum absolute atomic E-state index is 0.312. The summed E-state index contributed by atoms with van der Waals surface area (Å²) in [7, 11) is 0. The van der Waals surface area contributed by atoms with E-state index in [4.69, 9.17) is 5.73 Å². The maximum atomic E-state index is 12.9. The van der Waals surface area contributed by atoms with Gasteiger partial charge >= 0.3 is 5.97 Å². The number of thiophene rings is 1. The van der Waals surface area contributed by atoms with Crippen molar-refractivity contribution in [2.75, 3.05) is 6.61 Å². The molecule has 1 amide bonds. The molecule has 0 aliphatic heterocycles. The van der Waals surface area contributed by atoms with E-state index in [1.54, 1.807) is 6.07 Å². The molecule has 0 aliphatic carbocycles. The summed E-state index contributed by atoms with van der Waals surface area (Å²) in [5.74, 6) is -1.72. The van der Waals surface area contributed by atoms with Gasteiger partial charge in [-0.15, -0.1) is 11.3 Å². The lowest BCUT2D eigenvalue weighted by Gasteiger charge is -1.97. The minimum atomic E-state index is -0.717. The zero-order chi connectivity index (χ0) is 12.4. The van der Waals surface area contributed by atoms with Crippen LogP contribution in [-0.4, -0.2) is 18.5 Å². The molecule has 6 heteroatoms. The lowest BCUT2D eigenvalue weighted by Crippen LogP contribution is -2.20. The highest BCUT2D eigenvalue weighted by molar-refractivity contribution is 7.20. The van der Waals surface area contributed by atoms with Crippen LogP contribution in [0.15, 0.2) is 24.3 Å². The Bertz CT molecular complexity index is 593. The van der Waals surface area contributed by atoms with Crippen LogP contribution in [0.1, 0.15) is 9.67 Å². The predicted octanol–water partition coefficient (Wildman–Crippen LogP) is 1.68. The van der Waals surface area contributed by atoms with Gasteiger partial charge in [-0.2, -0.15) is 0 Å². The number of primary amides is 1. The first kappa shape index (κ1) is 11.5. The molecule has 0 bridgehead atoms. The standard InChI is InChI=1S/C11H8FNO3S/c12-7-1-2-8-6(3-7)4-9(17-8)11(15)16-5-10(13)14/h1-4H,5H2,(H2,13,14). The molecule has 17 heavy (non-hydrogen) atoms. The summed E-state index contributed by atoms with van der Waals surface area (Å²) in [6, 6.07) is 5.75. The molecule has 2 rings (SSSR count). The number of carbonyl (C=O) groups excluding carboxylic acids is 2. The number of fused-ring (bicyclic) bond motifs is 1. The first-order valence-corrected chi connectivity index (χ1v) is 5.52. The molecule has 88 valence electrons. The van der Waals surface area contributed by atoms with Gasteiger partial charge in [-0.25, -0.2) is 9.18 Å². The second kappa shape index (κ2) is 4.50. The van der Waals surface area contributed by atoms with Crippen LogP contribution in [0.3, 0.4) is 0 Å². The Hall–Kier alpha value is -1.95. The van der Waals surface area contributed by atoms with Crippen LogP contribution in [-0.2, 0) is 9.53 Å². The highest BCUT2D eigenvalue weighted by atomic mass is 32.1. The maximum absolute atomic E-state index is 12.9. The van der Waals surface area contributed by atoms with Gasteiger partial charge in [0, 0.05) is 4.70 Å². The minimum Gasteiger partial charge on any atom is -0.451 e. The molecule has 4 nitrogen and oxygen atoms in total. The SMILES string of the molecule is NC(=O)COC(=O)c1cc2cc(F)ccc2s1. The predicted molar refractivity (Wildman–Crippen MR) is 61.3 cm³/mol. The van der Waals surface area contributed by atoms with Gasteiger partial charge in [0.25, 0.3) is 5.91 Å². The highest BCUT2D eigenvalue weighted by Crippen LogP contribution is 2.26. The third kappa shape index (κ3) is 2.59. The number of hydrogen-bond acceptors (Lipinski definition) is 4. The Kier molecular flexibility index (Phi) is 3.06.